The molecule has 0 aromatic heterocycles. The first-order valence-corrected chi connectivity index (χ1v) is 20.3. The summed E-state index contributed by atoms with van der Waals surface area (Å²) in [4.78, 5) is 24.0. The first-order valence-electron chi connectivity index (χ1n) is 20.3. The van der Waals surface area contributed by atoms with Crippen LogP contribution in [-0.2, 0) is 14.3 Å². The van der Waals surface area contributed by atoms with E-state index in [-0.39, 0.29) is 0 Å². The summed E-state index contributed by atoms with van der Waals surface area (Å²) < 4.78 is 5.87. The van der Waals surface area contributed by atoms with Crippen LogP contribution in [0, 0.1) is 0 Å². The van der Waals surface area contributed by atoms with Gasteiger partial charge in [-0.2, -0.15) is 0 Å². The Kier molecular flexibility index (Phi) is 34.9. The van der Waals surface area contributed by atoms with Gasteiger partial charge < -0.3 is 16.2 Å². The van der Waals surface area contributed by atoms with E-state index >= 15 is 0 Å². The average Bonchev–Trinajstić information content (AvgIpc) is 3.02. The normalized spacial score (nSPS) is 12.8. The van der Waals surface area contributed by atoms with Crippen LogP contribution in [0.5, 0.6) is 0 Å². The maximum Gasteiger partial charge on any atom is 0.246 e. The Morgan fingerprint density at radius 3 is 0.711 bits per heavy atom. The molecule has 0 aromatic rings. The molecule has 0 rings (SSSR count). The summed E-state index contributed by atoms with van der Waals surface area (Å²) in [6.07, 6.45) is 41.7. The van der Waals surface area contributed by atoms with E-state index in [4.69, 9.17) is 16.2 Å². The first kappa shape index (κ1) is 43.9. The number of nitrogens with two attached hydrogens (primary N) is 2. The molecule has 0 heterocycles. The zero-order chi connectivity index (χ0) is 33.1. The largest absolute Gasteiger partial charge is 0.367 e. The minimum absolute atomic E-state index is 0.478. The summed E-state index contributed by atoms with van der Waals surface area (Å²) in [5, 5.41) is 0. The summed E-state index contributed by atoms with van der Waals surface area (Å²) >= 11 is 0. The summed E-state index contributed by atoms with van der Waals surface area (Å²) in [6.45, 7) is 4.56. The van der Waals surface area contributed by atoms with Crippen molar-refractivity contribution in [2.45, 2.75) is 244 Å². The molecule has 4 N–H and O–H groups in total. The average molecular weight is 637 g/mol. The summed E-state index contributed by atoms with van der Waals surface area (Å²) in [5.74, 6) is -0.955. The van der Waals surface area contributed by atoms with Gasteiger partial charge in [0.05, 0.1) is 0 Å². The molecule has 2 unspecified atom stereocenters. The van der Waals surface area contributed by atoms with Gasteiger partial charge in [0.2, 0.25) is 11.8 Å². The Bertz CT molecular complexity index is 575. The molecule has 2 atom stereocenters. The van der Waals surface area contributed by atoms with Crippen molar-refractivity contribution in [3.8, 4) is 0 Å². The molecule has 0 aromatic carbocycles. The molecule has 0 spiro atoms. The third kappa shape index (κ3) is 32.6. The number of hydrogen-bond acceptors (Lipinski definition) is 3. The number of amides is 2. The number of rotatable bonds is 38. The summed E-state index contributed by atoms with van der Waals surface area (Å²) in [6, 6.07) is 0. The van der Waals surface area contributed by atoms with Crippen LogP contribution in [0.1, 0.15) is 232 Å². The van der Waals surface area contributed by atoms with E-state index in [0.29, 0.717) is 12.8 Å². The molecule has 5 nitrogen and oxygen atoms in total. The number of primary amides is 2. The van der Waals surface area contributed by atoms with Gasteiger partial charge in [0, 0.05) is 0 Å². The third-order valence-corrected chi connectivity index (χ3v) is 9.60. The number of carbonyl (C=O) groups is 2. The number of carbonyl (C=O) groups excluding carboxylic acids is 2. The van der Waals surface area contributed by atoms with E-state index in [2.05, 4.69) is 13.8 Å². The predicted molar refractivity (Wildman–Crippen MR) is 195 cm³/mol. The number of hydrogen-bond donors (Lipinski definition) is 2. The lowest BCUT2D eigenvalue weighted by atomic mass is 10.0. The van der Waals surface area contributed by atoms with E-state index in [1.165, 1.54) is 180 Å². The van der Waals surface area contributed by atoms with Crippen molar-refractivity contribution in [2.75, 3.05) is 0 Å². The van der Waals surface area contributed by atoms with Gasteiger partial charge in [0.15, 0.2) is 0 Å². The fraction of sp³-hybridized carbons (Fsp3) is 0.950. The molecule has 0 radical (unpaired) electrons. The lowest BCUT2D eigenvalue weighted by Crippen LogP contribution is -2.40. The molecule has 5 heteroatoms. The molecule has 0 bridgehead atoms. The molecule has 0 aliphatic rings. The highest BCUT2D eigenvalue weighted by Gasteiger charge is 2.24. The van der Waals surface area contributed by atoms with E-state index in [1.807, 2.05) is 0 Å². The maximum absolute atomic E-state index is 12.0. The van der Waals surface area contributed by atoms with Gasteiger partial charge in [0.1, 0.15) is 12.2 Å². The fourth-order valence-electron chi connectivity index (χ4n) is 6.51. The monoisotopic (exact) mass is 637 g/mol. The van der Waals surface area contributed by atoms with Crippen LogP contribution in [0.3, 0.4) is 0 Å². The molecule has 268 valence electrons. The van der Waals surface area contributed by atoms with Crippen LogP contribution in [0.25, 0.3) is 0 Å². The second kappa shape index (κ2) is 35.7. The van der Waals surface area contributed by atoms with Gasteiger partial charge >= 0.3 is 0 Å². The van der Waals surface area contributed by atoms with Gasteiger partial charge in [-0.1, -0.05) is 219 Å². The highest BCUT2D eigenvalue weighted by atomic mass is 16.5. The summed E-state index contributed by atoms with van der Waals surface area (Å²) in [5.41, 5.74) is 11.3. The lowest BCUT2D eigenvalue weighted by molar-refractivity contribution is -0.143. The van der Waals surface area contributed by atoms with E-state index in [9.17, 15) is 9.59 Å². The van der Waals surface area contributed by atoms with Crippen molar-refractivity contribution in [1.29, 1.82) is 0 Å². The minimum Gasteiger partial charge on any atom is -0.367 e. The van der Waals surface area contributed by atoms with Gasteiger partial charge in [0.25, 0.3) is 0 Å². The van der Waals surface area contributed by atoms with Crippen LogP contribution in [-0.4, -0.2) is 24.0 Å². The fourth-order valence-corrected chi connectivity index (χ4v) is 6.51. The molecular weight excluding hydrogens is 556 g/mol. The molecular formula is C40H80N2O3. The quantitative estimate of drug-likeness (QED) is 0.0660. The van der Waals surface area contributed by atoms with Crippen molar-refractivity contribution in [2.24, 2.45) is 11.5 Å². The van der Waals surface area contributed by atoms with Crippen molar-refractivity contribution >= 4 is 11.8 Å². The van der Waals surface area contributed by atoms with Crippen LogP contribution < -0.4 is 11.5 Å². The molecule has 0 fully saturated rings. The Labute approximate surface area is 281 Å². The van der Waals surface area contributed by atoms with Crippen LogP contribution >= 0.6 is 0 Å². The molecule has 0 aliphatic heterocycles. The van der Waals surface area contributed by atoms with Crippen molar-refractivity contribution < 1.29 is 14.3 Å². The Morgan fingerprint density at radius 1 is 0.356 bits per heavy atom. The van der Waals surface area contributed by atoms with Gasteiger partial charge in [-0.15, -0.1) is 0 Å². The van der Waals surface area contributed by atoms with Crippen molar-refractivity contribution in [3.63, 3.8) is 0 Å². The highest BCUT2D eigenvalue weighted by molar-refractivity contribution is 5.81. The SMILES string of the molecule is CCCCCCCCCCCCCCCCCCC(OC(CCCCCCCCCCCCCCCCCC)C(N)=O)C(N)=O. The van der Waals surface area contributed by atoms with Crippen LogP contribution in [0.4, 0.5) is 0 Å². The smallest absolute Gasteiger partial charge is 0.246 e. The lowest BCUT2D eigenvalue weighted by Gasteiger charge is -2.21. The van der Waals surface area contributed by atoms with Gasteiger partial charge in [-0.3, -0.25) is 9.59 Å². The summed E-state index contributed by atoms with van der Waals surface area (Å²) in [7, 11) is 0. The second-order valence-corrected chi connectivity index (χ2v) is 14.1. The molecule has 0 saturated heterocycles. The van der Waals surface area contributed by atoms with Crippen LogP contribution in [0.2, 0.25) is 0 Å². The predicted octanol–water partition coefficient (Wildman–Crippen LogP) is 12.0. The number of unbranched alkanes of at least 4 members (excludes halogenated alkanes) is 30. The molecule has 45 heavy (non-hydrogen) atoms. The Balaban J connectivity index is 3.73. The number of ether oxygens (including phenoxy) is 1. The second-order valence-electron chi connectivity index (χ2n) is 14.1. The van der Waals surface area contributed by atoms with Gasteiger partial charge in [-0.25, -0.2) is 0 Å². The van der Waals surface area contributed by atoms with E-state index < -0.39 is 24.0 Å². The molecule has 2 amide bonds. The Hall–Kier alpha value is -1.10. The molecule has 0 aliphatic carbocycles. The van der Waals surface area contributed by atoms with Crippen LogP contribution in [0.15, 0.2) is 0 Å². The minimum atomic E-state index is -0.713. The Morgan fingerprint density at radius 2 is 0.533 bits per heavy atom. The van der Waals surface area contributed by atoms with E-state index in [1.54, 1.807) is 0 Å². The highest BCUT2D eigenvalue weighted by Crippen LogP contribution is 2.18. The zero-order valence-corrected chi connectivity index (χ0v) is 30.6. The first-order chi connectivity index (χ1) is 22.0. The topological polar surface area (TPSA) is 95.4 Å². The third-order valence-electron chi connectivity index (χ3n) is 9.60. The maximum atomic E-state index is 12.0. The van der Waals surface area contributed by atoms with E-state index in [0.717, 1.165) is 25.7 Å². The van der Waals surface area contributed by atoms with Gasteiger partial charge in [-0.05, 0) is 12.8 Å². The van der Waals surface area contributed by atoms with Crippen molar-refractivity contribution in [1.82, 2.24) is 0 Å². The standard InChI is InChI=1S/C40H80N2O3/c1-3-5-7-9-11-13-15-17-19-21-23-25-27-29-31-33-35-37(39(41)43)45-38(40(42)44)36-34-32-30-28-26-24-22-20-18-16-14-12-10-8-6-4-2/h37-38H,3-36H2,1-2H3,(H2,41,43)(H2,42,44). The molecule has 0 saturated carbocycles. The zero-order valence-electron chi connectivity index (χ0n) is 30.6. The van der Waals surface area contributed by atoms with Crippen molar-refractivity contribution in [3.05, 3.63) is 0 Å².